The van der Waals surface area contributed by atoms with Crippen molar-refractivity contribution in [1.82, 2.24) is 9.88 Å². The second-order valence-corrected chi connectivity index (χ2v) is 6.46. The van der Waals surface area contributed by atoms with Crippen molar-refractivity contribution in [3.8, 4) is 16.9 Å². The van der Waals surface area contributed by atoms with Crippen LogP contribution in [-0.4, -0.2) is 33.7 Å². The van der Waals surface area contributed by atoms with E-state index in [-0.39, 0.29) is 23.7 Å². The molecule has 0 bridgehead atoms. The van der Waals surface area contributed by atoms with E-state index in [2.05, 4.69) is 4.98 Å². The van der Waals surface area contributed by atoms with Crippen LogP contribution in [-0.2, 0) is 6.54 Å². The number of non-ortho nitro benzene ring substituents is 1. The maximum Gasteiger partial charge on any atom is 0.270 e. The minimum atomic E-state index is -0.466. The van der Waals surface area contributed by atoms with Gasteiger partial charge in [0, 0.05) is 30.1 Å². The maximum atomic E-state index is 12.6. The standard InChI is InChI=1S/C21H15N3O5/c1-29-19-6-5-13(9-17(19)14-3-2-4-15(10-14)24(27)28)12-23-20(25)16-7-8-22-11-18(16)21(23)26/h2-11H,12H2,1H3. The Labute approximate surface area is 165 Å². The third kappa shape index (κ3) is 3.20. The number of ether oxygens (including phenoxy) is 1. The predicted octanol–water partition coefficient (Wildman–Crippen LogP) is 3.46. The molecular weight excluding hydrogens is 374 g/mol. The van der Waals surface area contributed by atoms with Crippen molar-refractivity contribution >= 4 is 17.5 Å². The van der Waals surface area contributed by atoms with E-state index in [1.165, 1.54) is 37.7 Å². The Kier molecular flexibility index (Phi) is 4.52. The molecule has 4 rings (SSSR count). The van der Waals surface area contributed by atoms with Crippen LogP contribution >= 0.6 is 0 Å². The zero-order chi connectivity index (χ0) is 20.5. The fourth-order valence-corrected chi connectivity index (χ4v) is 3.33. The van der Waals surface area contributed by atoms with E-state index in [0.717, 1.165) is 4.90 Å². The van der Waals surface area contributed by atoms with Gasteiger partial charge in [-0.2, -0.15) is 0 Å². The summed E-state index contributed by atoms with van der Waals surface area (Å²) in [6.07, 6.45) is 2.86. The van der Waals surface area contributed by atoms with E-state index >= 15 is 0 Å². The van der Waals surface area contributed by atoms with Crippen molar-refractivity contribution in [2.24, 2.45) is 0 Å². The Morgan fingerprint density at radius 1 is 1.03 bits per heavy atom. The number of fused-ring (bicyclic) bond motifs is 1. The fraction of sp³-hybridized carbons (Fsp3) is 0.0952. The number of pyridine rings is 1. The summed E-state index contributed by atoms with van der Waals surface area (Å²) in [6, 6.07) is 12.9. The Bertz CT molecular complexity index is 1120. The number of carbonyl (C=O) groups excluding carboxylic acids is 2. The van der Waals surface area contributed by atoms with E-state index in [9.17, 15) is 19.7 Å². The lowest BCUT2D eigenvalue weighted by Gasteiger charge is -2.16. The van der Waals surface area contributed by atoms with Crippen molar-refractivity contribution in [2.45, 2.75) is 6.54 Å². The average molecular weight is 389 g/mol. The van der Waals surface area contributed by atoms with Crippen LogP contribution in [0.5, 0.6) is 5.75 Å². The summed E-state index contributed by atoms with van der Waals surface area (Å²) in [5, 5.41) is 11.1. The summed E-state index contributed by atoms with van der Waals surface area (Å²) in [7, 11) is 1.51. The topological polar surface area (TPSA) is 103 Å². The van der Waals surface area contributed by atoms with Crippen LogP contribution in [0.15, 0.2) is 60.9 Å². The summed E-state index contributed by atoms with van der Waals surface area (Å²) < 4.78 is 5.39. The molecule has 0 fully saturated rings. The van der Waals surface area contributed by atoms with Crippen LogP contribution in [0.3, 0.4) is 0 Å². The predicted molar refractivity (Wildman–Crippen MR) is 104 cm³/mol. The molecule has 0 aliphatic carbocycles. The minimum absolute atomic E-state index is 0.0391. The highest BCUT2D eigenvalue weighted by molar-refractivity contribution is 6.21. The zero-order valence-corrected chi connectivity index (χ0v) is 15.4. The minimum Gasteiger partial charge on any atom is -0.496 e. The van der Waals surface area contributed by atoms with Crippen molar-refractivity contribution < 1.29 is 19.2 Å². The Hall–Kier alpha value is -4.07. The fourth-order valence-electron chi connectivity index (χ4n) is 3.33. The molecule has 29 heavy (non-hydrogen) atoms. The molecule has 8 nitrogen and oxygen atoms in total. The Balaban J connectivity index is 1.70. The van der Waals surface area contributed by atoms with E-state index in [0.29, 0.717) is 28.0 Å². The highest BCUT2D eigenvalue weighted by Crippen LogP contribution is 2.34. The zero-order valence-electron chi connectivity index (χ0n) is 15.4. The second-order valence-electron chi connectivity index (χ2n) is 6.46. The second kappa shape index (κ2) is 7.16. The molecule has 0 atom stereocenters. The van der Waals surface area contributed by atoms with Gasteiger partial charge in [0.2, 0.25) is 0 Å². The Morgan fingerprint density at radius 3 is 2.55 bits per heavy atom. The van der Waals surface area contributed by atoms with Crippen molar-refractivity contribution in [1.29, 1.82) is 0 Å². The SMILES string of the molecule is COc1ccc(CN2C(=O)c3ccncc3C2=O)cc1-c1cccc([N+](=O)[O-])c1. The number of rotatable bonds is 5. The molecule has 144 valence electrons. The number of methoxy groups -OCH3 is 1. The summed E-state index contributed by atoms with van der Waals surface area (Å²) in [5.74, 6) is -0.244. The van der Waals surface area contributed by atoms with E-state index < -0.39 is 10.8 Å². The summed E-state index contributed by atoms with van der Waals surface area (Å²) in [4.78, 5) is 40.9. The van der Waals surface area contributed by atoms with Crippen LogP contribution < -0.4 is 4.74 Å². The molecule has 0 unspecified atom stereocenters. The average Bonchev–Trinajstić information content (AvgIpc) is 2.99. The number of nitrogens with zero attached hydrogens (tertiary/aromatic N) is 3. The maximum absolute atomic E-state index is 12.6. The lowest BCUT2D eigenvalue weighted by Crippen LogP contribution is -2.29. The molecule has 0 saturated carbocycles. The quantitative estimate of drug-likeness (QED) is 0.376. The summed E-state index contributed by atoms with van der Waals surface area (Å²) in [6.45, 7) is 0.0677. The van der Waals surface area contributed by atoms with Crippen LogP contribution in [0.4, 0.5) is 5.69 Å². The molecule has 0 radical (unpaired) electrons. The molecule has 0 N–H and O–H groups in total. The number of carbonyl (C=O) groups is 2. The highest BCUT2D eigenvalue weighted by Gasteiger charge is 2.35. The van der Waals surface area contributed by atoms with E-state index in [4.69, 9.17) is 4.74 Å². The van der Waals surface area contributed by atoms with Crippen molar-refractivity contribution in [2.75, 3.05) is 7.11 Å². The van der Waals surface area contributed by atoms with E-state index in [1.807, 2.05) is 0 Å². The first-order chi connectivity index (χ1) is 14.0. The van der Waals surface area contributed by atoms with Gasteiger partial charge in [-0.15, -0.1) is 0 Å². The first-order valence-electron chi connectivity index (χ1n) is 8.71. The molecule has 0 spiro atoms. The van der Waals surface area contributed by atoms with Gasteiger partial charge < -0.3 is 4.74 Å². The van der Waals surface area contributed by atoms with Crippen LogP contribution in [0.1, 0.15) is 26.3 Å². The normalized spacial score (nSPS) is 12.8. The number of benzene rings is 2. The van der Waals surface area contributed by atoms with Gasteiger partial charge in [0.05, 0.1) is 29.7 Å². The third-order valence-corrected chi connectivity index (χ3v) is 4.74. The first-order valence-corrected chi connectivity index (χ1v) is 8.71. The van der Waals surface area contributed by atoms with Gasteiger partial charge in [-0.05, 0) is 29.3 Å². The van der Waals surface area contributed by atoms with Crippen molar-refractivity contribution in [3.05, 3.63) is 87.7 Å². The smallest absolute Gasteiger partial charge is 0.270 e. The number of aromatic nitrogens is 1. The van der Waals surface area contributed by atoms with Gasteiger partial charge in [0.1, 0.15) is 5.75 Å². The molecule has 1 aliphatic rings. The lowest BCUT2D eigenvalue weighted by atomic mass is 10.0. The monoisotopic (exact) mass is 389 g/mol. The van der Waals surface area contributed by atoms with Gasteiger partial charge in [-0.25, -0.2) is 0 Å². The van der Waals surface area contributed by atoms with Gasteiger partial charge >= 0.3 is 0 Å². The van der Waals surface area contributed by atoms with E-state index in [1.54, 1.807) is 30.3 Å². The van der Waals surface area contributed by atoms with Crippen molar-refractivity contribution in [3.63, 3.8) is 0 Å². The molecular formula is C21H15N3O5. The van der Waals surface area contributed by atoms with Gasteiger partial charge in [0.15, 0.2) is 0 Å². The number of nitro benzene ring substituents is 1. The molecule has 2 amide bonds. The molecule has 1 aromatic heterocycles. The number of hydrogen-bond acceptors (Lipinski definition) is 6. The number of imide groups is 1. The van der Waals surface area contributed by atoms with Crippen LogP contribution in [0.25, 0.3) is 11.1 Å². The summed E-state index contributed by atoms with van der Waals surface area (Å²) in [5.41, 5.74) is 2.50. The van der Waals surface area contributed by atoms with Gasteiger partial charge in [-0.3, -0.25) is 29.6 Å². The van der Waals surface area contributed by atoms with Gasteiger partial charge in [0.25, 0.3) is 17.5 Å². The van der Waals surface area contributed by atoms with Crippen LogP contribution in [0, 0.1) is 10.1 Å². The molecule has 0 saturated heterocycles. The van der Waals surface area contributed by atoms with Crippen LogP contribution in [0.2, 0.25) is 0 Å². The van der Waals surface area contributed by atoms with Gasteiger partial charge in [-0.1, -0.05) is 18.2 Å². The molecule has 8 heteroatoms. The third-order valence-electron chi connectivity index (χ3n) is 4.74. The molecule has 2 aromatic carbocycles. The first kappa shape index (κ1) is 18.3. The number of amides is 2. The Morgan fingerprint density at radius 2 is 1.83 bits per heavy atom. The molecule has 3 aromatic rings. The summed E-state index contributed by atoms with van der Waals surface area (Å²) >= 11 is 0. The number of hydrogen-bond donors (Lipinski definition) is 0. The lowest BCUT2D eigenvalue weighted by molar-refractivity contribution is -0.384. The number of nitro groups is 1. The molecule has 1 aliphatic heterocycles. The molecule has 2 heterocycles. The highest BCUT2D eigenvalue weighted by atomic mass is 16.6. The largest absolute Gasteiger partial charge is 0.496 e.